The molecule has 3 atom stereocenters. The number of ether oxygens (including phenoxy) is 1. The van der Waals surface area contributed by atoms with E-state index in [1.54, 1.807) is 0 Å². The smallest absolute Gasteiger partial charge is 0.225 e. The van der Waals surface area contributed by atoms with Crippen LogP contribution < -0.4 is 0 Å². The van der Waals surface area contributed by atoms with Gasteiger partial charge in [0.1, 0.15) is 5.82 Å². The van der Waals surface area contributed by atoms with Crippen LogP contribution in [0.15, 0.2) is 0 Å². The molecule has 3 rings (SSSR count). The largest absolute Gasteiger partial charge is 0.373 e. The Kier molecular flexibility index (Phi) is 2.44. The molecule has 16 heavy (non-hydrogen) atoms. The number of halogens is 1. The maximum absolute atomic E-state index is 6.14. The van der Waals surface area contributed by atoms with Gasteiger partial charge in [-0.2, -0.15) is 0 Å². The molecule has 0 saturated carbocycles. The van der Waals surface area contributed by atoms with E-state index < -0.39 is 0 Å². The van der Waals surface area contributed by atoms with Gasteiger partial charge in [0.2, 0.25) is 5.28 Å². The predicted octanol–water partition coefficient (Wildman–Crippen LogP) is 2.55. The molecule has 5 heteroatoms. The summed E-state index contributed by atoms with van der Waals surface area (Å²) in [6.07, 6.45) is 4.13. The van der Waals surface area contributed by atoms with Crippen molar-refractivity contribution >= 4 is 11.6 Å². The van der Waals surface area contributed by atoms with Crippen molar-refractivity contribution in [2.24, 2.45) is 0 Å². The first-order valence-electron chi connectivity index (χ1n) is 5.92. The monoisotopic (exact) mass is 241 g/mol. The van der Waals surface area contributed by atoms with Gasteiger partial charge < -0.3 is 4.74 Å². The maximum atomic E-state index is 6.14. The van der Waals surface area contributed by atoms with Gasteiger partial charge in [-0.05, 0) is 30.9 Å². The molecule has 3 unspecified atom stereocenters. The lowest BCUT2D eigenvalue weighted by molar-refractivity contribution is 0.0933. The molecule has 2 saturated heterocycles. The van der Waals surface area contributed by atoms with Crippen LogP contribution in [0.4, 0.5) is 0 Å². The van der Waals surface area contributed by atoms with Crippen molar-refractivity contribution in [3.05, 3.63) is 11.1 Å². The molecule has 0 N–H and O–H groups in total. The lowest BCUT2D eigenvalue weighted by Crippen LogP contribution is -2.23. The summed E-state index contributed by atoms with van der Waals surface area (Å²) in [5, 5.41) is 8.66. The van der Waals surface area contributed by atoms with E-state index in [-0.39, 0.29) is 0 Å². The standard InChI is InChI=1S/C11H16ClN3O/c1-6(2)10-13-14-11(12)15(10)8-5-7-3-4-9(8)16-7/h6-9H,3-5H2,1-2H3. The highest BCUT2D eigenvalue weighted by molar-refractivity contribution is 6.28. The summed E-state index contributed by atoms with van der Waals surface area (Å²) in [6.45, 7) is 4.23. The second kappa shape index (κ2) is 3.70. The Balaban J connectivity index is 1.96. The first-order chi connectivity index (χ1) is 7.66. The number of aromatic nitrogens is 3. The van der Waals surface area contributed by atoms with Crippen molar-refractivity contribution in [2.75, 3.05) is 0 Å². The topological polar surface area (TPSA) is 39.9 Å². The Bertz CT molecular complexity index is 404. The molecular formula is C11H16ClN3O. The minimum atomic E-state index is 0.316. The molecule has 88 valence electrons. The Labute approximate surface area is 99.9 Å². The molecule has 1 aromatic rings. The third-order valence-electron chi connectivity index (χ3n) is 3.60. The number of nitrogens with zero attached hydrogens (tertiary/aromatic N) is 3. The van der Waals surface area contributed by atoms with Gasteiger partial charge in [0.25, 0.3) is 0 Å². The lowest BCUT2D eigenvalue weighted by Gasteiger charge is -2.23. The second-order valence-electron chi connectivity index (χ2n) is 5.03. The Hall–Kier alpha value is -0.610. The molecule has 3 heterocycles. The molecule has 2 fully saturated rings. The third-order valence-corrected chi connectivity index (χ3v) is 3.86. The number of rotatable bonds is 2. The molecule has 4 nitrogen and oxygen atoms in total. The summed E-state index contributed by atoms with van der Waals surface area (Å²) in [7, 11) is 0. The second-order valence-corrected chi connectivity index (χ2v) is 5.37. The van der Waals surface area contributed by atoms with Crippen LogP contribution in [0, 0.1) is 0 Å². The van der Waals surface area contributed by atoms with Gasteiger partial charge in [-0.1, -0.05) is 13.8 Å². The van der Waals surface area contributed by atoms with Gasteiger partial charge in [-0.25, -0.2) is 0 Å². The van der Waals surface area contributed by atoms with Gasteiger partial charge in [0.05, 0.1) is 18.2 Å². The van der Waals surface area contributed by atoms with Gasteiger partial charge in [-0.3, -0.25) is 4.57 Å². The van der Waals surface area contributed by atoms with Crippen LogP contribution in [-0.2, 0) is 4.74 Å². The van der Waals surface area contributed by atoms with Crippen molar-refractivity contribution in [1.82, 2.24) is 14.8 Å². The van der Waals surface area contributed by atoms with E-state index in [9.17, 15) is 0 Å². The fourth-order valence-electron chi connectivity index (χ4n) is 2.87. The van der Waals surface area contributed by atoms with Crippen molar-refractivity contribution in [2.45, 2.75) is 57.3 Å². The van der Waals surface area contributed by atoms with Gasteiger partial charge in [-0.15, -0.1) is 10.2 Å². The van der Waals surface area contributed by atoms with E-state index in [0.717, 1.165) is 18.7 Å². The summed E-state index contributed by atoms with van der Waals surface area (Å²) in [4.78, 5) is 0. The van der Waals surface area contributed by atoms with E-state index in [1.165, 1.54) is 6.42 Å². The van der Waals surface area contributed by atoms with Crippen LogP contribution in [0.3, 0.4) is 0 Å². The molecule has 2 bridgehead atoms. The van der Waals surface area contributed by atoms with E-state index in [1.807, 2.05) is 0 Å². The van der Waals surface area contributed by atoms with E-state index in [2.05, 4.69) is 28.6 Å². The molecule has 2 aliphatic rings. The Morgan fingerprint density at radius 1 is 1.38 bits per heavy atom. The molecule has 0 aliphatic carbocycles. The zero-order valence-corrected chi connectivity index (χ0v) is 10.3. The van der Waals surface area contributed by atoms with Gasteiger partial charge in [0, 0.05) is 5.92 Å². The highest BCUT2D eigenvalue weighted by atomic mass is 35.5. The quantitative estimate of drug-likeness (QED) is 0.799. The summed E-state index contributed by atoms with van der Waals surface area (Å²) in [5.41, 5.74) is 0. The molecule has 1 aromatic heterocycles. The maximum Gasteiger partial charge on any atom is 0.225 e. The zero-order chi connectivity index (χ0) is 11.3. The highest BCUT2D eigenvalue weighted by Crippen LogP contribution is 2.43. The minimum absolute atomic E-state index is 0.316. The summed E-state index contributed by atoms with van der Waals surface area (Å²) < 4.78 is 7.94. The Morgan fingerprint density at radius 3 is 2.75 bits per heavy atom. The Morgan fingerprint density at radius 2 is 2.19 bits per heavy atom. The first-order valence-corrected chi connectivity index (χ1v) is 6.30. The van der Waals surface area contributed by atoms with Crippen molar-refractivity contribution in [3.8, 4) is 0 Å². The summed E-state index contributed by atoms with van der Waals surface area (Å²) in [5.74, 6) is 1.32. The SMILES string of the molecule is CC(C)c1nnc(Cl)n1C1CC2CCC1O2. The number of hydrogen-bond donors (Lipinski definition) is 0. The van der Waals surface area contributed by atoms with E-state index in [4.69, 9.17) is 16.3 Å². The third kappa shape index (κ3) is 1.47. The zero-order valence-electron chi connectivity index (χ0n) is 9.56. The average Bonchev–Trinajstić information content (AvgIpc) is 2.90. The molecule has 2 aliphatic heterocycles. The van der Waals surface area contributed by atoms with Crippen LogP contribution in [0.5, 0.6) is 0 Å². The van der Waals surface area contributed by atoms with Crippen LogP contribution >= 0.6 is 11.6 Å². The van der Waals surface area contributed by atoms with E-state index >= 15 is 0 Å². The van der Waals surface area contributed by atoms with Crippen LogP contribution in [0.25, 0.3) is 0 Å². The molecule has 0 amide bonds. The summed E-state index contributed by atoms with van der Waals surface area (Å²) in [6, 6.07) is 0.346. The van der Waals surface area contributed by atoms with Gasteiger partial charge in [0.15, 0.2) is 0 Å². The first kappa shape index (κ1) is 10.5. The highest BCUT2D eigenvalue weighted by Gasteiger charge is 2.43. The number of hydrogen-bond acceptors (Lipinski definition) is 3. The average molecular weight is 242 g/mol. The predicted molar refractivity (Wildman–Crippen MR) is 60.7 cm³/mol. The van der Waals surface area contributed by atoms with Gasteiger partial charge >= 0.3 is 0 Å². The lowest BCUT2D eigenvalue weighted by atomic mass is 9.95. The fraction of sp³-hybridized carbons (Fsp3) is 0.818. The molecule has 0 aromatic carbocycles. The molecule has 0 radical (unpaired) electrons. The van der Waals surface area contributed by atoms with E-state index in [0.29, 0.717) is 29.5 Å². The fourth-order valence-corrected chi connectivity index (χ4v) is 3.12. The van der Waals surface area contributed by atoms with Crippen LogP contribution in [0.2, 0.25) is 5.28 Å². The molecule has 0 spiro atoms. The summed E-state index contributed by atoms with van der Waals surface area (Å²) >= 11 is 6.14. The minimum Gasteiger partial charge on any atom is -0.373 e. The molecular weight excluding hydrogens is 226 g/mol. The van der Waals surface area contributed by atoms with Crippen LogP contribution in [0.1, 0.15) is 50.9 Å². The van der Waals surface area contributed by atoms with Crippen molar-refractivity contribution < 1.29 is 4.74 Å². The van der Waals surface area contributed by atoms with Crippen molar-refractivity contribution in [1.29, 1.82) is 0 Å². The van der Waals surface area contributed by atoms with Crippen LogP contribution in [-0.4, -0.2) is 27.0 Å². The number of fused-ring (bicyclic) bond motifs is 2. The normalized spacial score (nSPS) is 32.9. The van der Waals surface area contributed by atoms with Crippen molar-refractivity contribution in [3.63, 3.8) is 0 Å².